The summed E-state index contributed by atoms with van der Waals surface area (Å²) < 4.78 is -1.83. The minimum atomic E-state index is -1.83. The largest absolute Gasteiger partial charge is 0.350 e. The van der Waals surface area contributed by atoms with Crippen LogP contribution in [0, 0.1) is 0 Å². The molecule has 0 aliphatic heterocycles. The number of amides is 1. The smallest absolute Gasteiger partial charge is 0.272 e. The predicted molar refractivity (Wildman–Crippen MR) is 59.9 cm³/mol. The van der Waals surface area contributed by atoms with Crippen molar-refractivity contribution >= 4 is 40.7 Å². The fourth-order valence-electron chi connectivity index (χ4n) is 1.69. The van der Waals surface area contributed by atoms with Gasteiger partial charge in [-0.3, -0.25) is 4.79 Å². The van der Waals surface area contributed by atoms with E-state index in [4.69, 9.17) is 34.8 Å². The van der Waals surface area contributed by atoms with E-state index in [2.05, 4.69) is 5.32 Å². The van der Waals surface area contributed by atoms with Gasteiger partial charge in [0.25, 0.3) is 9.70 Å². The molecule has 2 nitrogen and oxygen atoms in total. The molecule has 82 valence electrons. The third-order valence-electron chi connectivity index (χ3n) is 2.45. The Hall–Kier alpha value is 0.340. The maximum atomic E-state index is 11.3. The summed E-state index contributed by atoms with van der Waals surface area (Å²) >= 11 is 16.4. The van der Waals surface area contributed by atoms with Gasteiger partial charge < -0.3 is 5.32 Å². The van der Waals surface area contributed by atoms with Crippen LogP contribution in [0.2, 0.25) is 0 Å². The van der Waals surface area contributed by atoms with Crippen LogP contribution in [-0.2, 0) is 4.79 Å². The van der Waals surface area contributed by atoms with Crippen LogP contribution >= 0.6 is 34.8 Å². The number of halogens is 3. The van der Waals surface area contributed by atoms with E-state index in [0.717, 1.165) is 25.7 Å². The quantitative estimate of drug-likeness (QED) is 0.568. The van der Waals surface area contributed by atoms with Gasteiger partial charge in [-0.1, -0.05) is 60.5 Å². The molecule has 0 unspecified atom stereocenters. The molecule has 5 heteroatoms. The number of hydrogen-bond acceptors (Lipinski definition) is 1. The maximum absolute atomic E-state index is 11.3. The Morgan fingerprint density at radius 1 is 1.07 bits per heavy atom. The van der Waals surface area contributed by atoms with Crippen molar-refractivity contribution in [3.8, 4) is 0 Å². The number of carbonyl (C=O) groups excluding carboxylic acids is 1. The second-order valence-corrected chi connectivity index (χ2v) is 5.94. The van der Waals surface area contributed by atoms with Crippen LogP contribution in [0.25, 0.3) is 0 Å². The molecule has 1 amide bonds. The van der Waals surface area contributed by atoms with Crippen LogP contribution in [0.15, 0.2) is 0 Å². The summed E-state index contributed by atoms with van der Waals surface area (Å²) in [5, 5.41) is 2.76. The first-order valence-electron chi connectivity index (χ1n) is 4.88. The Bertz CT molecular complexity index is 195. The van der Waals surface area contributed by atoms with Gasteiger partial charge in [0.2, 0.25) is 0 Å². The van der Waals surface area contributed by atoms with E-state index in [1.165, 1.54) is 12.8 Å². The van der Waals surface area contributed by atoms with E-state index >= 15 is 0 Å². The first-order chi connectivity index (χ1) is 6.50. The lowest BCUT2D eigenvalue weighted by Crippen LogP contribution is -2.41. The summed E-state index contributed by atoms with van der Waals surface area (Å²) in [6, 6.07) is 0.181. The van der Waals surface area contributed by atoms with Crippen LogP contribution in [0.5, 0.6) is 0 Å². The molecule has 0 spiro atoms. The second-order valence-electron chi connectivity index (χ2n) is 3.66. The highest BCUT2D eigenvalue weighted by Crippen LogP contribution is 2.27. The van der Waals surface area contributed by atoms with E-state index in [0.29, 0.717) is 0 Å². The third-order valence-corrected chi connectivity index (χ3v) is 2.96. The van der Waals surface area contributed by atoms with Gasteiger partial charge in [0, 0.05) is 6.04 Å². The van der Waals surface area contributed by atoms with Gasteiger partial charge in [0.1, 0.15) is 0 Å². The fraction of sp³-hybridized carbons (Fsp3) is 0.889. The van der Waals surface area contributed by atoms with Gasteiger partial charge in [-0.2, -0.15) is 0 Å². The number of rotatable bonds is 1. The molecule has 0 radical (unpaired) electrons. The standard InChI is InChI=1S/C9H14Cl3NO/c10-9(11,12)8(14)13-7-5-3-1-2-4-6-7/h7H,1-6H2,(H,13,14). The van der Waals surface area contributed by atoms with Crippen molar-refractivity contribution in [2.75, 3.05) is 0 Å². The van der Waals surface area contributed by atoms with Gasteiger partial charge in [-0.05, 0) is 12.8 Å². The van der Waals surface area contributed by atoms with Crippen molar-refractivity contribution in [1.29, 1.82) is 0 Å². The maximum Gasteiger partial charge on any atom is 0.272 e. The molecule has 1 N–H and O–H groups in total. The molecule has 1 saturated carbocycles. The number of alkyl halides is 3. The number of hydrogen-bond donors (Lipinski definition) is 1. The molecular formula is C9H14Cl3NO. The molecule has 0 aromatic carbocycles. The Balaban J connectivity index is 2.38. The van der Waals surface area contributed by atoms with Crippen LogP contribution in [0.4, 0.5) is 0 Å². The lowest BCUT2D eigenvalue weighted by molar-refractivity contribution is -0.121. The molecule has 1 aliphatic carbocycles. The summed E-state index contributed by atoms with van der Waals surface area (Å²) in [5.74, 6) is -0.505. The zero-order valence-corrected chi connectivity index (χ0v) is 10.1. The third kappa shape index (κ3) is 4.24. The van der Waals surface area contributed by atoms with Crippen LogP contribution in [-0.4, -0.2) is 15.7 Å². The van der Waals surface area contributed by atoms with Gasteiger partial charge in [-0.15, -0.1) is 0 Å². The highest BCUT2D eigenvalue weighted by atomic mass is 35.6. The van der Waals surface area contributed by atoms with E-state index in [-0.39, 0.29) is 6.04 Å². The minimum Gasteiger partial charge on any atom is -0.350 e. The predicted octanol–water partition coefficient (Wildman–Crippen LogP) is 3.20. The van der Waals surface area contributed by atoms with E-state index in [1.54, 1.807) is 0 Å². The lowest BCUT2D eigenvalue weighted by atomic mass is 10.1. The van der Waals surface area contributed by atoms with Gasteiger partial charge in [0.15, 0.2) is 0 Å². The minimum absolute atomic E-state index is 0.181. The molecule has 0 atom stereocenters. The molecule has 1 fully saturated rings. The summed E-state index contributed by atoms with van der Waals surface area (Å²) in [6.07, 6.45) is 6.74. The molecule has 1 rings (SSSR count). The summed E-state index contributed by atoms with van der Waals surface area (Å²) in [6.45, 7) is 0. The average molecular weight is 259 g/mol. The van der Waals surface area contributed by atoms with E-state index < -0.39 is 9.70 Å². The highest BCUT2D eigenvalue weighted by molar-refractivity contribution is 6.76. The van der Waals surface area contributed by atoms with Crippen LogP contribution in [0.1, 0.15) is 38.5 Å². The van der Waals surface area contributed by atoms with Gasteiger partial charge in [-0.25, -0.2) is 0 Å². The van der Waals surface area contributed by atoms with Gasteiger partial charge >= 0.3 is 0 Å². The van der Waals surface area contributed by atoms with Crippen LogP contribution in [0.3, 0.4) is 0 Å². The zero-order chi connectivity index (χ0) is 10.6. The molecule has 1 aliphatic rings. The Morgan fingerprint density at radius 3 is 2.00 bits per heavy atom. The van der Waals surface area contributed by atoms with E-state index in [1.807, 2.05) is 0 Å². The van der Waals surface area contributed by atoms with Crippen LogP contribution < -0.4 is 5.32 Å². The topological polar surface area (TPSA) is 29.1 Å². The fourth-order valence-corrected chi connectivity index (χ4v) is 1.85. The lowest BCUT2D eigenvalue weighted by Gasteiger charge is -2.19. The summed E-state index contributed by atoms with van der Waals surface area (Å²) in [5.41, 5.74) is 0. The van der Waals surface area contributed by atoms with Crippen molar-refractivity contribution in [1.82, 2.24) is 5.32 Å². The van der Waals surface area contributed by atoms with Crippen molar-refractivity contribution in [2.45, 2.75) is 48.4 Å². The average Bonchev–Trinajstić information content (AvgIpc) is 2.31. The summed E-state index contributed by atoms with van der Waals surface area (Å²) in [7, 11) is 0. The molecule has 0 saturated heterocycles. The molecule has 0 aromatic rings. The number of nitrogens with one attached hydrogen (secondary N) is 1. The SMILES string of the molecule is O=C(NC1CCCCCC1)C(Cl)(Cl)Cl. The second kappa shape index (κ2) is 5.43. The van der Waals surface area contributed by atoms with Crippen molar-refractivity contribution < 1.29 is 4.79 Å². The monoisotopic (exact) mass is 257 g/mol. The molecule has 0 bridgehead atoms. The Kier molecular flexibility index (Phi) is 4.81. The molecule has 0 aromatic heterocycles. The molecule has 0 heterocycles. The zero-order valence-electron chi connectivity index (χ0n) is 7.86. The van der Waals surface area contributed by atoms with Crippen molar-refractivity contribution in [3.63, 3.8) is 0 Å². The van der Waals surface area contributed by atoms with Crippen molar-refractivity contribution in [2.24, 2.45) is 0 Å². The Morgan fingerprint density at radius 2 is 1.57 bits per heavy atom. The summed E-state index contributed by atoms with van der Waals surface area (Å²) in [4.78, 5) is 11.3. The van der Waals surface area contributed by atoms with Crippen molar-refractivity contribution in [3.05, 3.63) is 0 Å². The first kappa shape index (κ1) is 12.4. The highest BCUT2D eigenvalue weighted by Gasteiger charge is 2.32. The van der Waals surface area contributed by atoms with E-state index in [9.17, 15) is 4.79 Å². The Labute approximate surface area is 99.3 Å². The van der Waals surface area contributed by atoms with Gasteiger partial charge in [0.05, 0.1) is 0 Å². The molecule has 14 heavy (non-hydrogen) atoms. The first-order valence-corrected chi connectivity index (χ1v) is 6.01. The number of carbonyl (C=O) groups is 1. The molecular weight excluding hydrogens is 244 g/mol. The normalized spacial score (nSPS) is 20.2.